The molecule has 30 heavy (non-hydrogen) atoms. The first-order chi connectivity index (χ1) is 14.7. The number of nitrogens with one attached hydrogen (secondary N) is 1. The highest BCUT2D eigenvalue weighted by Crippen LogP contribution is 2.24. The highest BCUT2D eigenvalue weighted by molar-refractivity contribution is 5.92. The maximum absolute atomic E-state index is 11.9. The molecule has 6 nitrogen and oxygen atoms in total. The number of hydrogen-bond donors (Lipinski definition) is 1. The quantitative estimate of drug-likeness (QED) is 0.358. The molecule has 0 atom stereocenters. The fourth-order valence-corrected chi connectivity index (χ4v) is 3.04. The molecule has 1 aromatic heterocycles. The third-order valence-electron chi connectivity index (χ3n) is 4.54. The Morgan fingerprint density at radius 3 is 2.70 bits per heavy atom. The predicted octanol–water partition coefficient (Wildman–Crippen LogP) is 4.78. The molecule has 0 aliphatic heterocycles. The van der Waals surface area contributed by atoms with E-state index in [-0.39, 0.29) is 5.76 Å². The smallest absolute Gasteiger partial charge is 0.307 e. The minimum Gasteiger partial charge on any atom is -0.496 e. The summed E-state index contributed by atoms with van der Waals surface area (Å²) in [5, 5.41) is 6.27. The Kier molecular flexibility index (Phi) is 5.75. The van der Waals surface area contributed by atoms with Crippen LogP contribution >= 0.6 is 0 Å². The summed E-state index contributed by atoms with van der Waals surface area (Å²) >= 11 is 0. The van der Waals surface area contributed by atoms with Gasteiger partial charge in [0.1, 0.15) is 18.1 Å². The molecule has 0 unspecified atom stereocenters. The molecule has 150 valence electrons. The van der Waals surface area contributed by atoms with E-state index in [1.54, 1.807) is 25.5 Å². The highest BCUT2D eigenvalue weighted by atomic mass is 16.5. The molecule has 0 spiro atoms. The lowest BCUT2D eigenvalue weighted by atomic mass is 10.1. The van der Waals surface area contributed by atoms with Crippen LogP contribution in [-0.4, -0.2) is 19.2 Å². The minimum atomic E-state index is -0.412. The number of fused-ring (bicyclic) bond motifs is 1. The molecule has 3 aromatic carbocycles. The Hall–Kier alpha value is -4.06. The van der Waals surface area contributed by atoms with Crippen LogP contribution in [0.15, 0.2) is 88.6 Å². The van der Waals surface area contributed by atoms with Crippen LogP contribution in [0.2, 0.25) is 0 Å². The van der Waals surface area contributed by atoms with Crippen LogP contribution in [0.3, 0.4) is 0 Å². The second kappa shape index (κ2) is 8.96. The number of nitrogens with zero attached hydrogens (tertiary/aromatic N) is 1. The number of methoxy groups -OCH3 is 1. The van der Waals surface area contributed by atoms with Gasteiger partial charge in [0.15, 0.2) is 5.76 Å². The van der Waals surface area contributed by atoms with Gasteiger partial charge in [0.05, 0.1) is 19.6 Å². The molecule has 0 aliphatic carbocycles. The van der Waals surface area contributed by atoms with Gasteiger partial charge in [-0.15, -0.1) is 0 Å². The van der Waals surface area contributed by atoms with E-state index in [1.807, 2.05) is 48.5 Å². The van der Waals surface area contributed by atoms with E-state index >= 15 is 0 Å². The first-order valence-electron chi connectivity index (χ1n) is 9.38. The summed E-state index contributed by atoms with van der Waals surface area (Å²) in [7, 11) is 1.62. The molecule has 0 saturated heterocycles. The van der Waals surface area contributed by atoms with Gasteiger partial charge in [-0.25, -0.2) is 5.43 Å². The van der Waals surface area contributed by atoms with Gasteiger partial charge < -0.3 is 13.9 Å². The standard InChI is InChI=1S/C24H20N2O4/c1-28-22-11-8-17(15-25-26-24(27)23-7-4-12-29-23)13-20(22)16-30-21-10-9-18-5-2-3-6-19(18)14-21/h2-15H,16H2,1H3,(H,26,27)/b25-15-. The van der Waals surface area contributed by atoms with Crippen molar-refractivity contribution < 1.29 is 18.7 Å². The molecule has 6 heteroatoms. The number of hydrazone groups is 1. The van der Waals surface area contributed by atoms with Crippen molar-refractivity contribution in [1.82, 2.24) is 5.43 Å². The van der Waals surface area contributed by atoms with E-state index in [4.69, 9.17) is 13.9 Å². The molecule has 1 amide bonds. The molecule has 4 rings (SSSR count). The molecule has 1 heterocycles. The maximum atomic E-state index is 11.9. The fraction of sp³-hybridized carbons (Fsp3) is 0.0833. The lowest BCUT2D eigenvalue weighted by Gasteiger charge is -2.12. The summed E-state index contributed by atoms with van der Waals surface area (Å²) in [6.45, 7) is 0.335. The Balaban J connectivity index is 1.45. The van der Waals surface area contributed by atoms with Crippen LogP contribution in [0.25, 0.3) is 10.8 Å². The molecule has 0 saturated carbocycles. The Morgan fingerprint density at radius 2 is 1.90 bits per heavy atom. The van der Waals surface area contributed by atoms with Crippen molar-refractivity contribution in [2.75, 3.05) is 7.11 Å². The van der Waals surface area contributed by atoms with Gasteiger partial charge in [0.2, 0.25) is 0 Å². The van der Waals surface area contributed by atoms with Crippen LogP contribution in [-0.2, 0) is 6.61 Å². The predicted molar refractivity (Wildman–Crippen MR) is 115 cm³/mol. The average Bonchev–Trinajstić information content (AvgIpc) is 3.33. The van der Waals surface area contributed by atoms with Crippen molar-refractivity contribution in [3.8, 4) is 11.5 Å². The Bertz CT molecular complexity index is 1180. The van der Waals surface area contributed by atoms with Gasteiger partial charge in [-0.1, -0.05) is 30.3 Å². The number of carbonyl (C=O) groups is 1. The maximum Gasteiger partial charge on any atom is 0.307 e. The number of ether oxygens (including phenoxy) is 2. The molecule has 0 fully saturated rings. The Morgan fingerprint density at radius 1 is 1.03 bits per heavy atom. The van der Waals surface area contributed by atoms with Crippen LogP contribution in [0.5, 0.6) is 11.5 Å². The van der Waals surface area contributed by atoms with Crippen molar-refractivity contribution >= 4 is 22.9 Å². The van der Waals surface area contributed by atoms with E-state index in [0.717, 1.165) is 27.6 Å². The summed E-state index contributed by atoms with van der Waals surface area (Å²) in [6, 6.07) is 22.9. The van der Waals surface area contributed by atoms with Crippen molar-refractivity contribution in [2.24, 2.45) is 5.10 Å². The second-order valence-electron chi connectivity index (χ2n) is 6.55. The third-order valence-corrected chi connectivity index (χ3v) is 4.54. The van der Waals surface area contributed by atoms with Gasteiger partial charge in [-0.05, 0) is 58.8 Å². The topological polar surface area (TPSA) is 73.1 Å². The van der Waals surface area contributed by atoms with Crippen molar-refractivity contribution in [3.05, 3.63) is 95.9 Å². The average molecular weight is 400 g/mol. The lowest BCUT2D eigenvalue weighted by molar-refractivity contribution is 0.0927. The normalized spacial score (nSPS) is 11.0. The Labute approximate surface area is 173 Å². The SMILES string of the molecule is COc1ccc(/C=N\NC(=O)c2ccco2)cc1COc1ccc2ccccc2c1. The molecule has 4 aromatic rings. The number of furan rings is 1. The summed E-state index contributed by atoms with van der Waals surface area (Å²) in [6.07, 6.45) is 2.99. The molecule has 0 bridgehead atoms. The van der Waals surface area contributed by atoms with Crippen LogP contribution in [0, 0.1) is 0 Å². The number of carbonyl (C=O) groups excluding carboxylic acids is 1. The van der Waals surface area contributed by atoms with Gasteiger partial charge >= 0.3 is 5.91 Å². The van der Waals surface area contributed by atoms with Gasteiger partial charge in [-0.3, -0.25) is 4.79 Å². The van der Waals surface area contributed by atoms with Crippen LogP contribution in [0.4, 0.5) is 0 Å². The van der Waals surface area contributed by atoms with E-state index in [0.29, 0.717) is 12.4 Å². The van der Waals surface area contributed by atoms with Crippen molar-refractivity contribution in [1.29, 1.82) is 0 Å². The third kappa shape index (κ3) is 4.50. The van der Waals surface area contributed by atoms with Gasteiger partial charge in [-0.2, -0.15) is 5.10 Å². The molecule has 0 radical (unpaired) electrons. The van der Waals surface area contributed by atoms with Crippen molar-refractivity contribution in [3.63, 3.8) is 0 Å². The first kappa shape index (κ1) is 19.3. The van der Waals surface area contributed by atoms with E-state index < -0.39 is 5.91 Å². The second-order valence-corrected chi connectivity index (χ2v) is 6.55. The number of hydrogen-bond acceptors (Lipinski definition) is 5. The molecule has 1 N–H and O–H groups in total. The summed E-state index contributed by atoms with van der Waals surface area (Å²) < 4.78 is 16.5. The first-order valence-corrected chi connectivity index (χ1v) is 9.38. The summed E-state index contributed by atoms with van der Waals surface area (Å²) in [4.78, 5) is 11.9. The van der Waals surface area contributed by atoms with Crippen LogP contribution < -0.4 is 14.9 Å². The lowest BCUT2D eigenvalue weighted by Crippen LogP contribution is -2.16. The monoisotopic (exact) mass is 400 g/mol. The fourth-order valence-electron chi connectivity index (χ4n) is 3.04. The van der Waals surface area contributed by atoms with Crippen LogP contribution in [0.1, 0.15) is 21.7 Å². The molecule has 0 aliphatic rings. The highest BCUT2D eigenvalue weighted by Gasteiger charge is 2.08. The summed E-state index contributed by atoms with van der Waals surface area (Å²) in [5.74, 6) is 1.28. The van der Waals surface area contributed by atoms with E-state index in [9.17, 15) is 4.79 Å². The number of rotatable bonds is 7. The largest absolute Gasteiger partial charge is 0.496 e. The van der Waals surface area contributed by atoms with E-state index in [1.165, 1.54) is 6.26 Å². The van der Waals surface area contributed by atoms with E-state index in [2.05, 4.69) is 22.7 Å². The number of amides is 1. The van der Waals surface area contributed by atoms with Gasteiger partial charge in [0.25, 0.3) is 0 Å². The molecular weight excluding hydrogens is 380 g/mol. The molecular formula is C24H20N2O4. The van der Waals surface area contributed by atoms with Gasteiger partial charge in [0, 0.05) is 5.56 Å². The zero-order valence-electron chi connectivity index (χ0n) is 16.4. The minimum absolute atomic E-state index is 0.200. The zero-order chi connectivity index (χ0) is 20.8. The summed E-state index contributed by atoms with van der Waals surface area (Å²) in [5.41, 5.74) is 4.10. The number of benzene rings is 3. The zero-order valence-corrected chi connectivity index (χ0v) is 16.4. The van der Waals surface area contributed by atoms with Crippen molar-refractivity contribution in [2.45, 2.75) is 6.61 Å².